The maximum atomic E-state index is 13.0. The van der Waals surface area contributed by atoms with Gasteiger partial charge in [-0.05, 0) is 37.6 Å². The predicted molar refractivity (Wildman–Crippen MR) is 86.5 cm³/mol. The zero-order valence-corrected chi connectivity index (χ0v) is 14.5. The summed E-state index contributed by atoms with van der Waals surface area (Å²) in [4.78, 5) is 17.4. The van der Waals surface area contributed by atoms with E-state index in [1.165, 1.54) is 0 Å². The van der Waals surface area contributed by atoms with Gasteiger partial charge in [0.2, 0.25) is 5.91 Å². The van der Waals surface area contributed by atoms with Crippen LogP contribution in [-0.4, -0.2) is 62.0 Å². The Morgan fingerprint density at radius 3 is 2.61 bits per heavy atom. The average molecular weight is 320 g/mol. The van der Waals surface area contributed by atoms with Gasteiger partial charge in [0.15, 0.2) is 5.82 Å². The summed E-state index contributed by atoms with van der Waals surface area (Å²) in [7, 11) is 0. The first kappa shape index (κ1) is 16.4. The Bertz CT molecular complexity index is 523. The Morgan fingerprint density at radius 2 is 1.91 bits per heavy atom. The topological polar surface area (TPSA) is 78.0 Å². The van der Waals surface area contributed by atoms with E-state index < -0.39 is 0 Å². The number of nitrogens with zero attached hydrogens (tertiary/aromatic N) is 5. The number of amides is 1. The number of likely N-dealkylation sites (tertiary alicyclic amines) is 2. The van der Waals surface area contributed by atoms with Gasteiger partial charge in [-0.25, -0.2) is 0 Å². The minimum Gasteiger partial charge on any atom is -0.341 e. The summed E-state index contributed by atoms with van der Waals surface area (Å²) in [5.41, 5.74) is 0.131. The van der Waals surface area contributed by atoms with Gasteiger partial charge in [0, 0.05) is 13.1 Å². The van der Waals surface area contributed by atoms with Crippen molar-refractivity contribution in [2.24, 2.45) is 5.41 Å². The van der Waals surface area contributed by atoms with Crippen molar-refractivity contribution in [2.45, 2.75) is 65.0 Å². The molecule has 7 heteroatoms. The molecule has 3 heterocycles. The lowest BCUT2D eigenvalue weighted by atomic mass is 9.91. The number of rotatable bonds is 3. The molecule has 2 fully saturated rings. The van der Waals surface area contributed by atoms with Crippen molar-refractivity contribution in [1.29, 1.82) is 0 Å². The van der Waals surface area contributed by atoms with Gasteiger partial charge in [-0.3, -0.25) is 9.69 Å². The van der Waals surface area contributed by atoms with Crippen LogP contribution in [0.2, 0.25) is 0 Å². The molecule has 0 aliphatic carbocycles. The molecule has 2 atom stereocenters. The van der Waals surface area contributed by atoms with Crippen molar-refractivity contribution in [3.63, 3.8) is 0 Å². The molecular weight excluding hydrogens is 292 g/mol. The van der Waals surface area contributed by atoms with E-state index in [1.54, 1.807) is 0 Å². The van der Waals surface area contributed by atoms with Gasteiger partial charge in [0.25, 0.3) is 0 Å². The molecule has 1 N–H and O–H groups in total. The van der Waals surface area contributed by atoms with Crippen molar-refractivity contribution in [2.75, 3.05) is 19.6 Å². The second kappa shape index (κ2) is 6.55. The summed E-state index contributed by atoms with van der Waals surface area (Å²) in [6.07, 6.45) is 5.30. The molecule has 0 radical (unpaired) electrons. The molecular formula is C16H28N6O. The molecule has 0 aromatic carbocycles. The van der Waals surface area contributed by atoms with Crippen LogP contribution in [0.15, 0.2) is 0 Å². The highest BCUT2D eigenvalue weighted by atomic mass is 16.2. The molecule has 1 aromatic rings. The fourth-order valence-corrected chi connectivity index (χ4v) is 3.87. The summed E-state index contributed by atoms with van der Waals surface area (Å²) in [6.45, 7) is 9.21. The first-order valence-corrected chi connectivity index (χ1v) is 8.73. The number of aromatic nitrogens is 4. The minimum atomic E-state index is -0.0325. The lowest BCUT2D eigenvalue weighted by Crippen LogP contribution is -2.55. The number of H-pyrrole nitrogens is 1. The molecule has 1 aromatic heterocycles. The van der Waals surface area contributed by atoms with E-state index in [-0.39, 0.29) is 23.4 Å². The predicted octanol–water partition coefficient (Wildman–Crippen LogP) is 1.76. The molecule has 0 bridgehead atoms. The van der Waals surface area contributed by atoms with E-state index in [0.29, 0.717) is 0 Å². The molecule has 3 rings (SSSR count). The third-order valence-electron chi connectivity index (χ3n) is 4.77. The average Bonchev–Trinajstić information content (AvgIpc) is 3.02. The van der Waals surface area contributed by atoms with Crippen molar-refractivity contribution in [1.82, 2.24) is 30.4 Å². The Kier molecular flexibility index (Phi) is 4.66. The van der Waals surface area contributed by atoms with E-state index >= 15 is 0 Å². The highest BCUT2D eigenvalue weighted by Gasteiger charge is 2.40. The maximum Gasteiger partial charge on any atom is 0.239 e. The molecule has 128 valence electrons. The molecule has 1 amide bonds. The van der Waals surface area contributed by atoms with Gasteiger partial charge in [-0.1, -0.05) is 32.4 Å². The van der Waals surface area contributed by atoms with Crippen LogP contribution >= 0.6 is 0 Å². The number of hydrogen-bond donors (Lipinski definition) is 1. The minimum absolute atomic E-state index is 0.0325. The Morgan fingerprint density at radius 1 is 1.13 bits per heavy atom. The van der Waals surface area contributed by atoms with Gasteiger partial charge in [0.05, 0.1) is 12.1 Å². The zero-order valence-electron chi connectivity index (χ0n) is 14.5. The lowest BCUT2D eigenvalue weighted by molar-refractivity contribution is -0.143. The van der Waals surface area contributed by atoms with Crippen molar-refractivity contribution >= 4 is 5.91 Å². The van der Waals surface area contributed by atoms with Gasteiger partial charge in [-0.15, -0.1) is 10.2 Å². The zero-order chi connectivity index (χ0) is 16.4. The SMILES string of the molecule is CC(C)(C)CN1CCCC(N2CCCCC2c2nn[nH]n2)C1=O. The van der Waals surface area contributed by atoms with Crippen LogP contribution < -0.4 is 0 Å². The quantitative estimate of drug-likeness (QED) is 0.918. The summed E-state index contributed by atoms with van der Waals surface area (Å²) in [5, 5.41) is 14.6. The highest BCUT2D eigenvalue weighted by molar-refractivity contribution is 5.82. The largest absolute Gasteiger partial charge is 0.341 e. The molecule has 0 saturated carbocycles. The first-order valence-electron chi connectivity index (χ1n) is 8.73. The fraction of sp³-hybridized carbons (Fsp3) is 0.875. The Labute approximate surface area is 137 Å². The summed E-state index contributed by atoms with van der Waals surface area (Å²) in [6, 6.07) is 0.0842. The van der Waals surface area contributed by atoms with E-state index in [0.717, 1.165) is 57.6 Å². The van der Waals surface area contributed by atoms with E-state index in [9.17, 15) is 4.79 Å². The molecule has 23 heavy (non-hydrogen) atoms. The van der Waals surface area contributed by atoms with E-state index in [1.807, 2.05) is 0 Å². The molecule has 2 aliphatic rings. The molecule has 2 aliphatic heterocycles. The summed E-state index contributed by atoms with van der Waals surface area (Å²) < 4.78 is 0. The number of piperidine rings is 2. The third kappa shape index (κ3) is 3.71. The van der Waals surface area contributed by atoms with Crippen molar-refractivity contribution < 1.29 is 4.79 Å². The standard InChI is InChI=1S/C16H28N6O/c1-16(2,3)11-21-9-6-8-13(15(21)23)22-10-5-4-7-12(22)14-17-19-20-18-14/h12-13H,4-11H2,1-3H3,(H,17,18,19,20). The maximum absolute atomic E-state index is 13.0. The molecule has 0 spiro atoms. The van der Waals surface area contributed by atoms with Gasteiger partial charge in [0.1, 0.15) is 0 Å². The smallest absolute Gasteiger partial charge is 0.239 e. The number of aromatic amines is 1. The normalized spacial score (nSPS) is 27.4. The van der Waals surface area contributed by atoms with Crippen LogP contribution in [0, 0.1) is 5.41 Å². The number of tetrazole rings is 1. The number of carbonyl (C=O) groups excluding carboxylic acids is 1. The molecule has 2 unspecified atom stereocenters. The Balaban J connectivity index is 1.76. The number of carbonyl (C=O) groups is 1. The Hall–Kier alpha value is -1.50. The van der Waals surface area contributed by atoms with E-state index in [2.05, 4.69) is 51.2 Å². The van der Waals surface area contributed by atoms with Crippen LogP contribution in [-0.2, 0) is 4.79 Å². The highest BCUT2D eigenvalue weighted by Crippen LogP contribution is 2.33. The van der Waals surface area contributed by atoms with E-state index in [4.69, 9.17) is 0 Å². The van der Waals surface area contributed by atoms with Crippen LogP contribution in [0.1, 0.15) is 64.7 Å². The first-order chi connectivity index (χ1) is 11.0. The second-order valence-corrected chi connectivity index (χ2v) is 8.00. The van der Waals surface area contributed by atoms with Crippen molar-refractivity contribution in [3.8, 4) is 0 Å². The van der Waals surface area contributed by atoms with Crippen LogP contribution in [0.3, 0.4) is 0 Å². The van der Waals surface area contributed by atoms with Crippen molar-refractivity contribution in [3.05, 3.63) is 5.82 Å². The number of hydrogen-bond acceptors (Lipinski definition) is 5. The van der Waals surface area contributed by atoms with Crippen LogP contribution in [0.4, 0.5) is 0 Å². The van der Waals surface area contributed by atoms with Crippen LogP contribution in [0.5, 0.6) is 0 Å². The van der Waals surface area contributed by atoms with Crippen LogP contribution in [0.25, 0.3) is 0 Å². The fourth-order valence-electron chi connectivity index (χ4n) is 3.87. The third-order valence-corrected chi connectivity index (χ3v) is 4.77. The number of nitrogens with one attached hydrogen (secondary N) is 1. The van der Waals surface area contributed by atoms with Gasteiger partial charge in [-0.2, -0.15) is 5.21 Å². The summed E-state index contributed by atoms with van der Waals surface area (Å²) >= 11 is 0. The second-order valence-electron chi connectivity index (χ2n) is 8.00. The summed E-state index contributed by atoms with van der Waals surface area (Å²) in [5.74, 6) is 1.01. The van der Waals surface area contributed by atoms with Gasteiger partial charge >= 0.3 is 0 Å². The van der Waals surface area contributed by atoms with Gasteiger partial charge < -0.3 is 4.90 Å². The lowest BCUT2D eigenvalue weighted by Gasteiger charge is -2.44. The monoisotopic (exact) mass is 320 g/mol. The molecule has 2 saturated heterocycles. The molecule has 7 nitrogen and oxygen atoms in total.